The zero-order valence-corrected chi connectivity index (χ0v) is 11.0. The van der Waals surface area contributed by atoms with Crippen LogP contribution >= 0.6 is 0 Å². The van der Waals surface area contributed by atoms with Crippen LogP contribution in [-0.4, -0.2) is 55.5 Å². The Bertz CT molecular complexity index is 309. The van der Waals surface area contributed by atoms with Crippen molar-refractivity contribution in [2.45, 2.75) is 20.8 Å². The lowest BCUT2D eigenvalue weighted by molar-refractivity contribution is -0.140. The molecule has 1 unspecified atom stereocenters. The number of hydrogen-bond acceptors (Lipinski definition) is 4. The van der Waals surface area contributed by atoms with Gasteiger partial charge in [-0.25, -0.2) is 8.42 Å². The summed E-state index contributed by atoms with van der Waals surface area (Å²) in [5.74, 6) is -2.14. The Morgan fingerprint density at radius 3 is 2.19 bits per heavy atom. The number of carbonyl (C=O) groups is 1. The van der Waals surface area contributed by atoms with Gasteiger partial charge in [-0.3, -0.25) is 4.79 Å². The Balaban J connectivity index is 4.20. The molecule has 1 atom stereocenters. The van der Waals surface area contributed by atoms with Gasteiger partial charge in [0.25, 0.3) is 0 Å². The van der Waals surface area contributed by atoms with E-state index in [2.05, 4.69) is 0 Å². The Labute approximate surface area is 97.4 Å². The van der Waals surface area contributed by atoms with E-state index in [0.717, 1.165) is 13.1 Å². The molecule has 0 aliphatic heterocycles. The first kappa shape index (κ1) is 15.4. The van der Waals surface area contributed by atoms with Crippen molar-refractivity contribution in [1.82, 2.24) is 4.90 Å². The SMILES string of the molecule is CCN(CC)CCS(=O)(=O)CC(C)C(=O)O. The first-order valence-corrected chi connectivity index (χ1v) is 7.30. The standard InChI is InChI=1S/C10H21NO4S/c1-4-11(5-2)6-7-16(14,15)8-9(3)10(12)13/h9H,4-8H2,1-3H3,(H,12,13). The van der Waals surface area contributed by atoms with Gasteiger partial charge in [-0.1, -0.05) is 20.8 Å². The number of nitrogens with zero attached hydrogens (tertiary/aromatic N) is 1. The van der Waals surface area contributed by atoms with Gasteiger partial charge in [0.1, 0.15) is 0 Å². The highest BCUT2D eigenvalue weighted by atomic mass is 32.2. The summed E-state index contributed by atoms with van der Waals surface area (Å²) in [7, 11) is -3.26. The minimum Gasteiger partial charge on any atom is -0.481 e. The van der Waals surface area contributed by atoms with Crippen molar-refractivity contribution in [3.05, 3.63) is 0 Å². The van der Waals surface area contributed by atoms with E-state index >= 15 is 0 Å². The van der Waals surface area contributed by atoms with Crippen molar-refractivity contribution in [2.24, 2.45) is 5.92 Å². The lowest BCUT2D eigenvalue weighted by Gasteiger charge is -2.18. The zero-order valence-electron chi connectivity index (χ0n) is 10.1. The molecule has 6 heteroatoms. The van der Waals surface area contributed by atoms with Gasteiger partial charge in [0.2, 0.25) is 0 Å². The quantitative estimate of drug-likeness (QED) is 0.678. The number of carboxylic acids is 1. The fraction of sp³-hybridized carbons (Fsp3) is 0.900. The molecule has 0 saturated carbocycles. The Hall–Kier alpha value is -0.620. The minimum absolute atomic E-state index is 0.0340. The molecule has 1 N–H and O–H groups in total. The highest BCUT2D eigenvalue weighted by Crippen LogP contribution is 2.03. The van der Waals surface area contributed by atoms with Gasteiger partial charge in [-0.2, -0.15) is 0 Å². The van der Waals surface area contributed by atoms with E-state index < -0.39 is 21.7 Å². The molecule has 96 valence electrons. The van der Waals surface area contributed by atoms with Gasteiger partial charge in [-0.05, 0) is 13.1 Å². The van der Waals surface area contributed by atoms with Crippen LogP contribution in [0.4, 0.5) is 0 Å². The minimum atomic E-state index is -3.26. The summed E-state index contributed by atoms with van der Waals surface area (Å²) in [5.41, 5.74) is 0. The fourth-order valence-corrected chi connectivity index (χ4v) is 2.95. The van der Waals surface area contributed by atoms with Crippen molar-refractivity contribution < 1.29 is 18.3 Å². The summed E-state index contributed by atoms with van der Waals surface area (Å²) in [5, 5.41) is 8.64. The number of rotatable bonds is 8. The van der Waals surface area contributed by atoms with E-state index in [4.69, 9.17) is 5.11 Å². The van der Waals surface area contributed by atoms with Gasteiger partial charge in [0.05, 0.1) is 17.4 Å². The monoisotopic (exact) mass is 251 g/mol. The normalized spacial score (nSPS) is 14.0. The van der Waals surface area contributed by atoms with Crippen LogP contribution < -0.4 is 0 Å². The largest absolute Gasteiger partial charge is 0.481 e. The molecule has 0 aromatic rings. The van der Waals surface area contributed by atoms with Crippen molar-refractivity contribution in [2.75, 3.05) is 31.1 Å². The summed E-state index contributed by atoms with van der Waals surface area (Å²) in [6, 6.07) is 0. The summed E-state index contributed by atoms with van der Waals surface area (Å²) in [6.45, 7) is 7.44. The average molecular weight is 251 g/mol. The second-order valence-electron chi connectivity index (χ2n) is 3.88. The number of sulfone groups is 1. The molecule has 0 aliphatic carbocycles. The van der Waals surface area contributed by atoms with E-state index in [0.29, 0.717) is 6.54 Å². The first-order valence-electron chi connectivity index (χ1n) is 5.48. The smallest absolute Gasteiger partial charge is 0.307 e. The summed E-state index contributed by atoms with van der Waals surface area (Å²) < 4.78 is 23.2. The molecular formula is C10H21NO4S. The molecule has 16 heavy (non-hydrogen) atoms. The maximum Gasteiger partial charge on any atom is 0.307 e. The van der Waals surface area contributed by atoms with Crippen LogP contribution in [0.1, 0.15) is 20.8 Å². The molecule has 0 heterocycles. The molecule has 0 saturated heterocycles. The van der Waals surface area contributed by atoms with Crippen LogP contribution in [-0.2, 0) is 14.6 Å². The molecule has 0 spiro atoms. The highest BCUT2D eigenvalue weighted by Gasteiger charge is 2.21. The third-order valence-electron chi connectivity index (χ3n) is 2.54. The highest BCUT2D eigenvalue weighted by molar-refractivity contribution is 7.91. The molecule has 0 rings (SSSR count). The van der Waals surface area contributed by atoms with Gasteiger partial charge in [0, 0.05) is 6.54 Å². The molecule has 0 aliphatic rings. The molecule has 5 nitrogen and oxygen atoms in total. The molecule has 0 aromatic heterocycles. The van der Waals surface area contributed by atoms with E-state index in [-0.39, 0.29) is 11.5 Å². The lowest BCUT2D eigenvalue weighted by Crippen LogP contribution is -2.31. The number of carboxylic acid groups (broad SMARTS) is 1. The topological polar surface area (TPSA) is 74.7 Å². The second-order valence-corrected chi connectivity index (χ2v) is 6.11. The lowest BCUT2D eigenvalue weighted by atomic mass is 10.2. The maximum absolute atomic E-state index is 11.6. The average Bonchev–Trinajstić information content (AvgIpc) is 2.18. The third-order valence-corrected chi connectivity index (χ3v) is 4.35. The molecule has 0 radical (unpaired) electrons. The van der Waals surface area contributed by atoms with Crippen LogP contribution in [0, 0.1) is 5.92 Å². The van der Waals surface area contributed by atoms with Gasteiger partial charge < -0.3 is 10.0 Å². The second kappa shape index (κ2) is 6.85. The van der Waals surface area contributed by atoms with Crippen molar-refractivity contribution in [3.63, 3.8) is 0 Å². The Morgan fingerprint density at radius 1 is 1.31 bits per heavy atom. The van der Waals surface area contributed by atoms with Crippen LogP contribution in [0.25, 0.3) is 0 Å². The molecular weight excluding hydrogens is 230 g/mol. The predicted octanol–water partition coefficient (Wildman–Crippen LogP) is 0.464. The van der Waals surface area contributed by atoms with E-state index in [1.54, 1.807) is 0 Å². The van der Waals surface area contributed by atoms with Gasteiger partial charge in [0.15, 0.2) is 9.84 Å². The fourth-order valence-electron chi connectivity index (χ4n) is 1.34. The number of aliphatic carboxylic acids is 1. The molecule has 0 amide bonds. The van der Waals surface area contributed by atoms with Gasteiger partial charge >= 0.3 is 5.97 Å². The van der Waals surface area contributed by atoms with Crippen LogP contribution in [0.15, 0.2) is 0 Å². The predicted molar refractivity (Wildman–Crippen MR) is 63.2 cm³/mol. The molecule has 0 bridgehead atoms. The Kier molecular flexibility index (Phi) is 6.59. The van der Waals surface area contributed by atoms with E-state index in [1.165, 1.54) is 6.92 Å². The summed E-state index contributed by atoms with van der Waals surface area (Å²) >= 11 is 0. The van der Waals surface area contributed by atoms with Crippen LogP contribution in [0.5, 0.6) is 0 Å². The zero-order chi connectivity index (χ0) is 12.8. The summed E-state index contributed by atoms with van der Waals surface area (Å²) in [6.07, 6.45) is 0. The molecule has 0 fully saturated rings. The van der Waals surface area contributed by atoms with Crippen molar-refractivity contribution in [1.29, 1.82) is 0 Å². The first-order chi connectivity index (χ1) is 7.32. The van der Waals surface area contributed by atoms with E-state index in [1.807, 2.05) is 18.7 Å². The summed E-state index contributed by atoms with van der Waals surface area (Å²) in [4.78, 5) is 12.6. The Morgan fingerprint density at radius 2 is 1.81 bits per heavy atom. The van der Waals surface area contributed by atoms with E-state index in [9.17, 15) is 13.2 Å². The third kappa shape index (κ3) is 6.07. The molecule has 0 aromatic carbocycles. The number of hydrogen-bond donors (Lipinski definition) is 1. The van der Waals surface area contributed by atoms with Crippen molar-refractivity contribution in [3.8, 4) is 0 Å². The van der Waals surface area contributed by atoms with Crippen LogP contribution in [0.3, 0.4) is 0 Å². The van der Waals surface area contributed by atoms with Gasteiger partial charge in [-0.15, -0.1) is 0 Å². The maximum atomic E-state index is 11.6. The van der Waals surface area contributed by atoms with Crippen molar-refractivity contribution >= 4 is 15.8 Å². The van der Waals surface area contributed by atoms with Crippen LogP contribution in [0.2, 0.25) is 0 Å².